The van der Waals surface area contributed by atoms with E-state index in [2.05, 4.69) is 10.6 Å². The van der Waals surface area contributed by atoms with Crippen molar-refractivity contribution in [1.82, 2.24) is 10.6 Å². The molecular weight excluding hydrogens is 311 g/mol. The lowest BCUT2D eigenvalue weighted by molar-refractivity contribution is 0.0925. The molecule has 0 spiro atoms. The molecular formula is C15H22Cl2N2O2. The summed E-state index contributed by atoms with van der Waals surface area (Å²) >= 11 is 5.99. The number of benzene rings is 1. The standard InChI is InChI=1S/C15H21ClN2O2.ClH/c1-10(2)20-14-6-5-11(16)8-13(14)15(19)18-12-4-3-7-17-9-12;/h5-6,8,10,12,17H,3-4,7,9H2,1-2H3,(H,18,19);1H/t12-;/m0./s1. The minimum Gasteiger partial charge on any atom is -0.490 e. The second-order valence-corrected chi connectivity index (χ2v) is 5.76. The molecule has 2 rings (SSSR count). The van der Waals surface area contributed by atoms with Crippen LogP contribution in [0.3, 0.4) is 0 Å². The van der Waals surface area contributed by atoms with Gasteiger partial charge in [-0.15, -0.1) is 12.4 Å². The van der Waals surface area contributed by atoms with Gasteiger partial charge in [-0.25, -0.2) is 0 Å². The molecule has 0 unspecified atom stereocenters. The summed E-state index contributed by atoms with van der Waals surface area (Å²) in [6.45, 7) is 5.70. The van der Waals surface area contributed by atoms with Crippen LogP contribution >= 0.6 is 24.0 Å². The summed E-state index contributed by atoms with van der Waals surface area (Å²) < 4.78 is 5.68. The summed E-state index contributed by atoms with van der Waals surface area (Å²) in [5.41, 5.74) is 0.497. The third kappa shape index (κ3) is 5.38. The van der Waals surface area contributed by atoms with E-state index in [0.717, 1.165) is 25.9 Å². The highest BCUT2D eigenvalue weighted by Gasteiger charge is 2.19. The first kappa shape index (κ1) is 18.1. The van der Waals surface area contributed by atoms with Crippen molar-refractivity contribution >= 4 is 29.9 Å². The van der Waals surface area contributed by atoms with Crippen molar-refractivity contribution in [3.05, 3.63) is 28.8 Å². The summed E-state index contributed by atoms with van der Waals surface area (Å²) in [6.07, 6.45) is 2.09. The molecule has 1 saturated heterocycles. The second-order valence-electron chi connectivity index (χ2n) is 5.32. The first-order valence-corrected chi connectivity index (χ1v) is 7.42. The van der Waals surface area contributed by atoms with Crippen LogP contribution in [0.2, 0.25) is 5.02 Å². The van der Waals surface area contributed by atoms with Crippen molar-refractivity contribution in [2.75, 3.05) is 13.1 Å². The minimum absolute atomic E-state index is 0. The van der Waals surface area contributed by atoms with E-state index in [1.165, 1.54) is 0 Å². The molecule has 118 valence electrons. The highest BCUT2D eigenvalue weighted by molar-refractivity contribution is 6.31. The SMILES string of the molecule is CC(C)Oc1ccc(Cl)cc1C(=O)N[C@H]1CCCNC1.Cl. The molecule has 1 amide bonds. The lowest BCUT2D eigenvalue weighted by atomic mass is 10.1. The van der Waals surface area contributed by atoms with Gasteiger partial charge in [0, 0.05) is 17.6 Å². The van der Waals surface area contributed by atoms with Crippen LogP contribution in [0.25, 0.3) is 0 Å². The summed E-state index contributed by atoms with van der Waals surface area (Å²) in [4.78, 5) is 12.4. The predicted molar refractivity (Wildman–Crippen MR) is 87.8 cm³/mol. The maximum Gasteiger partial charge on any atom is 0.255 e. The van der Waals surface area contributed by atoms with E-state index in [1.807, 2.05) is 13.8 Å². The van der Waals surface area contributed by atoms with Crippen molar-refractivity contribution in [1.29, 1.82) is 0 Å². The van der Waals surface area contributed by atoms with E-state index < -0.39 is 0 Å². The first-order valence-electron chi connectivity index (χ1n) is 7.04. The van der Waals surface area contributed by atoms with Gasteiger partial charge in [-0.2, -0.15) is 0 Å². The smallest absolute Gasteiger partial charge is 0.255 e. The lowest BCUT2D eigenvalue weighted by Crippen LogP contribution is -2.45. The number of rotatable bonds is 4. The molecule has 0 radical (unpaired) electrons. The Morgan fingerprint density at radius 3 is 2.86 bits per heavy atom. The third-order valence-corrected chi connectivity index (χ3v) is 3.42. The fraction of sp³-hybridized carbons (Fsp3) is 0.533. The molecule has 21 heavy (non-hydrogen) atoms. The Labute approximate surface area is 137 Å². The molecule has 1 fully saturated rings. The topological polar surface area (TPSA) is 50.4 Å². The molecule has 1 aliphatic heterocycles. The monoisotopic (exact) mass is 332 g/mol. The van der Waals surface area contributed by atoms with Gasteiger partial charge >= 0.3 is 0 Å². The molecule has 1 atom stereocenters. The molecule has 0 aliphatic carbocycles. The number of hydrogen-bond donors (Lipinski definition) is 2. The Balaban J connectivity index is 0.00000220. The maximum atomic E-state index is 12.4. The number of ether oxygens (including phenoxy) is 1. The van der Waals surface area contributed by atoms with Crippen LogP contribution in [0.4, 0.5) is 0 Å². The van der Waals surface area contributed by atoms with Crippen LogP contribution in [0.15, 0.2) is 18.2 Å². The van der Waals surface area contributed by atoms with Crippen LogP contribution in [0, 0.1) is 0 Å². The van der Waals surface area contributed by atoms with Crippen molar-refractivity contribution in [3.8, 4) is 5.75 Å². The number of hydrogen-bond acceptors (Lipinski definition) is 3. The van der Waals surface area contributed by atoms with Crippen LogP contribution in [0.5, 0.6) is 5.75 Å². The zero-order chi connectivity index (χ0) is 14.5. The molecule has 1 aromatic carbocycles. The van der Waals surface area contributed by atoms with Crippen molar-refractivity contribution in [2.24, 2.45) is 0 Å². The number of halogens is 2. The average Bonchev–Trinajstić information content (AvgIpc) is 2.41. The molecule has 1 aromatic rings. The quantitative estimate of drug-likeness (QED) is 0.890. The van der Waals surface area contributed by atoms with E-state index >= 15 is 0 Å². The zero-order valence-corrected chi connectivity index (χ0v) is 13.9. The van der Waals surface area contributed by atoms with E-state index in [4.69, 9.17) is 16.3 Å². The minimum atomic E-state index is -0.128. The van der Waals surface area contributed by atoms with E-state index in [1.54, 1.807) is 18.2 Å². The molecule has 4 nitrogen and oxygen atoms in total. The van der Waals surface area contributed by atoms with Crippen LogP contribution in [0.1, 0.15) is 37.0 Å². The van der Waals surface area contributed by atoms with Gasteiger partial charge in [0.15, 0.2) is 0 Å². The lowest BCUT2D eigenvalue weighted by Gasteiger charge is -2.24. The molecule has 1 heterocycles. The van der Waals surface area contributed by atoms with Gasteiger partial charge in [0.2, 0.25) is 0 Å². The van der Waals surface area contributed by atoms with Crippen LogP contribution in [-0.2, 0) is 0 Å². The number of piperidine rings is 1. The third-order valence-electron chi connectivity index (χ3n) is 3.18. The first-order chi connectivity index (χ1) is 9.56. The zero-order valence-electron chi connectivity index (χ0n) is 12.3. The largest absolute Gasteiger partial charge is 0.490 e. The summed E-state index contributed by atoms with van der Waals surface area (Å²) in [5, 5.41) is 6.85. The van der Waals surface area contributed by atoms with Gasteiger partial charge in [-0.05, 0) is 51.4 Å². The van der Waals surface area contributed by atoms with Crippen molar-refractivity contribution < 1.29 is 9.53 Å². The molecule has 0 aromatic heterocycles. The highest BCUT2D eigenvalue weighted by atomic mass is 35.5. The summed E-state index contributed by atoms with van der Waals surface area (Å²) in [7, 11) is 0. The fourth-order valence-corrected chi connectivity index (χ4v) is 2.45. The molecule has 1 aliphatic rings. The summed E-state index contributed by atoms with van der Waals surface area (Å²) in [6, 6.07) is 5.31. The van der Waals surface area contributed by atoms with Gasteiger partial charge in [-0.1, -0.05) is 11.6 Å². The van der Waals surface area contributed by atoms with Crippen LogP contribution in [-0.4, -0.2) is 31.1 Å². The Kier molecular flexibility index (Phi) is 7.29. The molecule has 6 heteroatoms. The number of amides is 1. The maximum absolute atomic E-state index is 12.4. The Hall–Kier alpha value is -0.970. The fourth-order valence-electron chi connectivity index (χ4n) is 2.27. The van der Waals surface area contributed by atoms with E-state index in [9.17, 15) is 4.79 Å². The van der Waals surface area contributed by atoms with E-state index in [-0.39, 0.29) is 30.5 Å². The van der Waals surface area contributed by atoms with Gasteiger partial charge in [0.25, 0.3) is 5.91 Å². The van der Waals surface area contributed by atoms with E-state index in [0.29, 0.717) is 16.3 Å². The van der Waals surface area contributed by atoms with Crippen LogP contribution < -0.4 is 15.4 Å². The normalized spacial score (nSPS) is 18.0. The van der Waals surface area contributed by atoms with Gasteiger partial charge < -0.3 is 15.4 Å². The predicted octanol–water partition coefficient (Wildman–Crippen LogP) is 3.03. The Bertz CT molecular complexity index is 475. The molecule has 0 bridgehead atoms. The molecule has 0 saturated carbocycles. The Morgan fingerprint density at radius 2 is 2.24 bits per heavy atom. The molecule has 2 N–H and O–H groups in total. The average molecular weight is 333 g/mol. The van der Waals surface area contributed by atoms with Gasteiger partial charge in [0.05, 0.1) is 11.7 Å². The summed E-state index contributed by atoms with van der Waals surface area (Å²) in [5.74, 6) is 0.447. The second kappa shape index (κ2) is 8.47. The number of carbonyl (C=O) groups excluding carboxylic acids is 1. The number of nitrogens with one attached hydrogen (secondary N) is 2. The van der Waals surface area contributed by atoms with Gasteiger partial charge in [-0.3, -0.25) is 4.79 Å². The van der Waals surface area contributed by atoms with Crippen molar-refractivity contribution in [2.45, 2.75) is 38.8 Å². The Morgan fingerprint density at radius 1 is 1.48 bits per heavy atom. The number of carbonyl (C=O) groups is 1. The van der Waals surface area contributed by atoms with Crippen molar-refractivity contribution in [3.63, 3.8) is 0 Å². The van der Waals surface area contributed by atoms with Gasteiger partial charge in [0.1, 0.15) is 5.75 Å². The highest BCUT2D eigenvalue weighted by Crippen LogP contribution is 2.24.